The van der Waals surface area contributed by atoms with Crippen LogP contribution < -0.4 is 5.32 Å². The van der Waals surface area contributed by atoms with E-state index < -0.39 is 0 Å². The molecule has 2 atom stereocenters. The fraction of sp³-hybridized carbons (Fsp3) is 0.538. The minimum atomic E-state index is 0.247. The van der Waals surface area contributed by atoms with Gasteiger partial charge in [-0.2, -0.15) is 0 Å². The predicted molar refractivity (Wildman–Crippen MR) is 71.6 cm³/mol. The van der Waals surface area contributed by atoms with Crippen molar-refractivity contribution in [1.82, 2.24) is 5.32 Å². The average Bonchev–Trinajstić information content (AvgIpc) is 2.26. The van der Waals surface area contributed by atoms with Crippen LogP contribution in [0, 0.1) is 5.92 Å². The SMILES string of the molecule is CC(CO)CNC(C)Cc1cccc(Br)c1. The van der Waals surface area contributed by atoms with Gasteiger partial charge >= 0.3 is 0 Å². The molecule has 0 radical (unpaired) electrons. The Kier molecular flexibility index (Phi) is 6.03. The Morgan fingerprint density at radius 2 is 2.12 bits per heavy atom. The Balaban J connectivity index is 2.36. The van der Waals surface area contributed by atoms with Crippen molar-refractivity contribution in [3.63, 3.8) is 0 Å². The van der Waals surface area contributed by atoms with Gasteiger partial charge in [0.15, 0.2) is 0 Å². The van der Waals surface area contributed by atoms with Crippen LogP contribution in [0.5, 0.6) is 0 Å². The van der Waals surface area contributed by atoms with Crippen molar-refractivity contribution in [3.05, 3.63) is 34.3 Å². The van der Waals surface area contributed by atoms with Crippen molar-refractivity contribution in [2.24, 2.45) is 5.92 Å². The average molecular weight is 286 g/mol. The zero-order valence-electron chi connectivity index (χ0n) is 9.91. The molecule has 3 heteroatoms. The molecule has 0 aliphatic carbocycles. The first-order chi connectivity index (χ1) is 7.61. The number of halogens is 1. The summed E-state index contributed by atoms with van der Waals surface area (Å²) in [5.41, 5.74) is 1.33. The standard InChI is InChI=1S/C13H20BrNO/c1-10(9-16)8-15-11(2)6-12-4-3-5-13(14)7-12/h3-5,7,10-11,15-16H,6,8-9H2,1-2H3. The van der Waals surface area contributed by atoms with Gasteiger partial charge in [0, 0.05) is 23.7 Å². The maximum absolute atomic E-state index is 8.93. The van der Waals surface area contributed by atoms with E-state index in [-0.39, 0.29) is 6.61 Å². The minimum absolute atomic E-state index is 0.247. The summed E-state index contributed by atoms with van der Waals surface area (Å²) < 4.78 is 1.13. The number of hydrogen-bond acceptors (Lipinski definition) is 2. The van der Waals surface area contributed by atoms with Crippen LogP contribution in [0.2, 0.25) is 0 Å². The fourth-order valence-corrected chi connectivity index (χ4v) is 2.00. The van der Waals surface area contributed by atoms with E-state index in [1.165, 1.54) is 5.56 Å². The first-order valence-electron chi connectivity index (χ1n) is 5.70. The topological polar surface area (TPSA) is 32.3 Å². The molecule has 0 heterocycles. The van der Waals surface area contributed by atoms with Crippen molar-refractivity contribution in [2.45, 2.75) is 26.3 Å². The highest BCUT2D eigenvalue weighted by atomic mass is 79.9. The van der Waals surface area contributed by atoms with Gasteiger partial charge < -0.3 is 10.4 Å². The van der Waals surface area contributed by atoms with Gasteiger partial charge in [-0.15, -0.1) is 0 Å². The second kappa shape index (κ2) is 7.05. The monoisotopic (exact) mass is 285 g/mol. The number of aliphatic hydroxyl groups is 1. The number of aliphatic hydroxyl groups excluding tert-OH is 1. The van der Waals surface area contributed by atoms with Crippen LogP contribution in [-0.2, 0) is 6.42 Å². The van der Waals surface area contributed by atoms with Gasteiger partial charge in [0.05, 0.1) is 0 Å². The maximum atomic E-state index is 8.93. The molecule has 1 rings (SSSR count). The summed E-state index contributed by atoms with van der Waals surface area (Å²) in [6.07, 6.45) is 1.01. The second-order valence-corrected chi connectivity index (χ2v) is 5.35. The van der Waals surface area contributed by atoms with Gasteiger partial charge in [-0.3, -0.25) is 0 Å². The van der Waals surface area contributed by atoms with Crippen LogP contribution in [0.25, 0.3) is 0 Å². The van der Waals surface area contributed by atoms with Gasteiger partial charge in [0.25, 0.3) is 0 Å². The molecule has 16 heavy (non-hydrogen) atoms. The van der Waals surface area contributed by atoms with Gasteiger partial charge in [0.2, 0.25) is 0 Å². The van der Waals surface area contributed by atoms with Gasteiger partial charge in [-0.05, 0) is 37.0 Å². The molecule has 2 nitrogen and oxygen atoms in total. The summed E-state index contributed by atoms with van der Waals surface area (Å²) in [6, 6.07) is 8.81. The molecule has 2 unspecified atom stereocenters. The third kappa shape index (κ3) is 5.10. The van der Waals surface area contributed by atoms with Gasteiger partial charge in [0.1, 0.15) is 0 Å². The zero-order valence-corrected chi connectivity index (χ0v) is 11.5. The lowest BCUT2D eigenvalue weighted by molar-refractivity contribution is 0.230. The molecule has 90 valence electrons. The number of nitrogens with one attached hydrogen (secondary N) is 1. The van der Waals surface area contributed by atoms with Crippen LogP contribution in [0.15, 0.2) is 28.7 Å². The Hall–Kier alpha value is -0.380. The van der Waals surface area contributed by atoms with Crippen molar-refractivity contribution in [1.29, 1.82) is 0 Å². The van der Waals surface area contributed by atoms with E-state index in [1.807, 2.05) is 13.0 Å². The minimum Gasteiger partial charge on any atom is -0.396 e. The lowest BCUT2D eigenvalue weighted by Crippen LogP contribution is -2.32. The Labute approximate surface area is 106 Å². The fourth-order valence-electron chi connectivity index (χ4n) is 1.56. The van der Waals surface area contributed by atoms with Crippen molar-refractivity contribution in [3.8, 4) is 0 Å². The molecule has 0 amide bonds. The molecule has 1 aromatic carbocycles. The van der Waals surface area contributed by atoms with Crippen LogP contribution in [0.1, 0.15) is 19.4 Å². The lowest BCUT2D eigenvalue weighted by atomic mass is 10.1. The number of benzene rings is 1. The highest BCUT2D eigenvalue weighted by molar-refractivity contribution is 9.10. The number of rotatable bonds is 6. The molecule has 0 spiro atoms. The van der Waals surface area contributed by atoms with Crippen LogP contribution in [0.3, 0.4) is 0 Å². The van der Waals surface area contributed by atoms with Crippen LogP contribution in [0.4, 0.5) is 0 Å². The normalized spacial score (nSPS) is 14.8. The molecule has 0 aromatic heterocycles. The Morgan fingerprint density at radius 3 is 2.75 bits per heavy atom. The molecule has 1 aromatic rings. The second-order valence-electron chi connectivity index (χ2n) is 4.43. The highest BCUT2D eigenvalue weighted by Gasteiger charge is 2.05. The highest BCUT2D eigenvalue weighted by Crippen LogP contribution is 2.13. The molecular weight excluding hydrogens is 266 g/mol. The van der Waals surface area contributed by atoms with E-state index in [1.54, 1.807) is 0 Å². The first kappa shape index (κ1) is 13.7. The molecule has 0 aliphatic rings. The maximum Gasteiger partial charge on any atom is 0.0468 e. The molecular formula is C13H20BrNO. The summed E-state index contributed by atoms with van der Waals surface area (Å²) in [7, 11) is 0. The van der Waals surface area contributed by atoms with Gasteiger partial charge in [-0.25, -0.2) is 0 Å². The van der Waals surface area contributed by atoms with E-state index in [4.69, 9.17) is 5.11 Å². The quantitative estimate of drug-likeness (QED) is 0.842. The van der Waals surface area contributed by atoms with Crippen LogP contribution in [-0.4, -0.2) is 24.3 Å². The summed E-state index contributed by atoms with van der Waals surface area (Å²) in [6.45, 7) is 5.33. The van der Waals surface area contributed by atoms with E-state index >= 15 is 0 Å². The van der Waals surface area contributed by atoms with Crippen LogP contribution >= 0.6 is 15.9 Å². The van der Waals surface area contributed by atoms with Gasteiger partial charge in [-0.1, -0.05) is 35.0 Å². The summed E-state index contributed by atoms with van der Waals surface area (Å²) >= 11 is 3.47. The Morgan fingerprint density at radius 1 is 1.38 bits per heavy atom. The van der Waals surface area contributed by atoms with Crippen molar-refractivity contribution >= 4 is 15.9 Å². The molecule has 0 fully saturated rings. The molecule has 0 saturated heterocycles. The molecule has 0 aliphatic heterocycles. The van der Waals surface area contributed by atoms with E-state index in [2.05, 4.69) is 46.4 Å². The van der Waals surface area contributed by atoms with E-state index in [9.17, 15) is 0 Å². The Bertz CT molecular complexity index is 317. The predicted octanol–water partition coefficient (Wildman–Crippen LogP) is 2.60. The lowest BCUT2D eigenvalue weighted by Gasteiger charge is -2.16. The summed E-state index contributed by atoms with van der Waals surface area (Å²) in [4.78, 5) is 0. The molecule has 0 bridgehead atoms. The largest absolute Gasteiger partial charge is 0.396 e. The first-order valence-corrected chi connectivity index (χ1v) is 6.49. The van der Waals surface area contributed by atoms with Crippen molar-refractivity contribution in [2.75, 3.05) is 13.2 Å². The third-order valence-corrected chi connectivity index (χ3v) is 3.05. The number of hydrogen-bond donors (Lipinski definition) is 2. The van der Waals surface area contributed by atoms with E-state index in [0.717, 1.165) is 17.4 Å². The summed E-state index contributed by atoms with van der Waals surface area (Å²) in [5, 5.41) is 12.4. The third-order valence-electron chi connectivity index (χ3n) is 2.56. The van der Waals surface area contributed by atoms with E-state index in [0.29, 0.717) is 12.0 Å². The summed E-state index contributed by atoms with van der Waals surface area (Å²) in [5.74, 6) is 0.324. The zero-order chi connectivity index (χ0) is 12.0. The smallest absolute Gasteiger partial charge is 0.0468 e. The van der Waals surface area contributed by atoms with Crippen molar-refractivity contribution < 1.29 is 5.11 Å². The molecule has 0 saturated carbocycles. The molecule has 2 N–H and O–H groups in total.